The van der Waals surface area contributed by atoms with Crippen LogP contribution < -0.4 is 19.5 Å². The van der Waals surface area contributed by atoms with Gasteiger partial charge in [-0.15, -0.1) is 0 Å². The smallest absolute Gasteiger partial charge is 0.197 e. The molecule has 0 atom stereocenters. The number of hydrogen-bond acceptors (Lipinski definition) is 7. The maximum absolute atomic E-state index is 15.6. The first kappa shape index (κ1) is 28.3. The maximum Gasteiger partial charge on any atom is 0.197 e. The van der Waals surface area contributed by atoms with Crippen LogP contribution in [0.3, 0.4) is 0 Å². The number of ketones is 1. The molecule has 0 spiro atoms. The van der Waals surface area contributed by atoms with Crippen LogP contribution in [0.5, 0.6) is 17.2 Å². The topological polar surface area (TPSA) is 96.2 Å². The first-order chi connectivity index (χ1) is 17.6. The summed E-state index contributed by atoms with van der Waals surface area (Å²) < 4.78 is 36.5. The van der Waals surface area contributed by atoms with Crippen molar-refractivity contribution in [3.63, 3.8) is 0 Å². The largest absolute Gasteiger partial charge is 0.494 e. The summed E-state index contributed by atoms with van der Waals surface area (Å²) in [5, 5.41) is 12.1. The van der Waals surface area contributed by atoms with Crippen molar-refractivity contribution in [2.24, 2.45) is 4.02 Å². The molecule has 0 radical (unpaired) electrons. The molecule has 0 unspecified atom stereocenters. The number of halogens is 2. The minimum atomic E-state index is -0.571. The third-order valence-corrected chi connectivity index (χ3v) is 6.27. The standard InChI is InChI=1S/C27H32BrFN4O4/c1-7-36-21-13-17-14-33(26(32-28)22(17)23(29)25(21)37-8-2)15-20(34)16-11-18(27(3,4)5)24(35-6)19(12-16)31-10-9-30/h11-13,31H,7-8,10,14-15H2,1-6H3. The normalized spacial score (nSPS) is 13.8. The highest BCUT2D eigenvalue weighted by atomic mass is 79.9. The third kappa shape index (κ3) is 5.82. The molecule has 37 heavy (non-hydrogen) atoms. The number of benzene rings is 2. The molecule has 2 aromatic rings. The number of rotatable bonds is 10. The average molecular weight is 575 g/mol. The van der Waals surface area contributed by atoms with E-state index in [-0.39, 0.29) is 48.8 Å². The van der Waals surface area contributed by atoms with E-state index < -0.39 is 5.82 Å². The molecule has 0 aliphatic carbocycles. The molecule has 10 heteroatoms. The van der Waals surface area contributed by atoms with E-state index in [0.717, 1.165) is 5.56 Å². The van der Waals surface area contributed by atoms with Crippen LogP contribution in [0.15, 0.2) is 22.2 Å². The summed E-state index contributed by atoms with van der Waals surface area (Å²) >= 11 is 3.12. The number of carbonyl (C=O) groups excluding carboxylic acids is 1. The van der Waals surface area contributed by atoms with Crippen LogP contribution in [-0.2, 0) is 12.0 Å². The molecule has 0 bridgehead atoms. The molecule has 0 saturated heterocycles. The Morgan fingerprint density at radius 1 is 1.22 bits per heavy atom. The predicted octanol–water partition coefficient (Wildman–Crippen LogP) is 5.62. The second-order valence-corrected chi connectivity index (χ2v) is 9.83. The van der Waals surface area contributed by atoms with Gasteiger partial charge in [-0.25, -0.2) is 4.39 Å². The Hall–Kier alpha value is -3.32. The number of Topliss-reactive ketones (excluding diaryl/α,β-unsaturated/α-hetero) is 1. The van der Waals surface area contributed by atoms with Crippen LogP contribution in [0.1, 0.15) is 61.7 Å². The van der Waals surface area contributed by atoms with E-state index in [1.165, 1.54) is 0 Å². The predicted molar refractivity (Wildman–Crippen MR) is 145 cm³/mol. The summed E-state index contributed by atoms with van der Waals surface area (Å²) in [5.41, 5.74) is 2.43. The molecule has 2 aromatic carbocycles. The molecule has 0 amide bonds. The monoisotopic (exact) mass is 574 g/mol. The fourth-order valence-corrected chi connectivity index (χ4v) is 4.73. The molecule has 1 aliphatic heterocycles. The molecule has 0 saturated carbocycles. The van der Waals surface area contributed by atoms with Gasteiger partial charge in [0, 0.05) is 17.7 Å². The fourth-order valence-electron chi connectivity index (χ4n) is 4.33. The summed E-state index contributed by atoms with van der Waals surface area (Å²) in [6, 6.07) is 7.29. The highest BCUT2D eigenvalue weighted by Gasteiger charge is 2.34. The molecule has 0 fully saturated rings. The lowest BCUT2D eigenvalue weighted by Gasteiger charge is -2.25. The number of nitrogens with one attached hydrogen (secondary N) is 1. The number of ether oxygens (including phenoxy) is 3. The van der Waals surface area contributed by atoms with Gasteiger partial charge in [0.05, 0.1) is 60.3 Å². The first-order valence-electron chi connectivity index (χ1n) is 12.0. The third-order valence-electron chi connectivity index (χ3n) is 5.94. The molecular weight excluding hydrogens is 543 g/mol. The first-order valence-corrected chi connectivity index (χ1v) is 12.7. The van der Waals surface area contributed by atoms with Crippen LogP contribution in [-0.4, -0.2) is 49.9 Å². The quantitative estimate of drug-likeness (QED) is 0.290. The Morgan fingerprint density at radius 2 is 1.92 bits per heavy atom. The second kappa shape index (κ2) is 11.8. The molecule has 1 aliphatic rings. The minimum absolute atomic E-state index is 0.0307. The lowest BCUT2D eigenvalue weighted by molar-refractivity contribution is 0.0963. The van der Waals surface area contributed by atoms with Gasteiger partial charge < -0.3 is 24.4 Å². The number of fused-ring (bicyclic) bond motifs is 1. The summed E-state index contributed by atoms with van der Waals surface area (Å²) in [6.45, 7) is 10.6. The number of carbonyl (C=O) groups is 1. The van der Waals surface area contributed by atoms with Gasteiger partial charge in [-0.1, -0.05) is 20.8 Å². The van der Waals surface area contributed by atoms with E-state index in [4.69, 9.17) is 19.5 Å². The van der Waals surface area contributed by atoms with Gasteiger partial charge in [-0.05, 0) is 43.0 Å². The van der Waals surface area contributed by atoms with Crippen LogP contribution in [0.4, 0.5) is 10.1 Å². The van der Waals surface area contributed by atoms with Crippen molar-refractivity contribution >= 4 is 33.5 Å². The zero-order valence-corrected chi connectivity index (χ0v) is 23.6. The van der Waals surface area contributed by atoms with Crippen LogP contribution in [0, 0.1) is 17.1 Å². The van der Waals surface area contributed by atoms with E-state index >= 15 is 4.39 Å². The molecule has 3 rings (SSSR count). The molecule has 198 valence electrons. The number of hydrogen-bond donors (Lipinski definition) is 1. The van der Waals surface area contributed by atoms with Crippen molar-refractivity contribution in [1.82, 2.24) is 4.90 Å². The number of methoxy groups -OCH3 is 1. The molecular formula is C27H32BrFN4O4. The van der Waals surface area contributed by atoms with Gasteiger partial charge in [0.15, 0.2) is 23.1 Å². The van der Waals surface area contributed by atoms with E-state index in [1.807, 2.05) is 33.8 Å². The molecule has 1 N–H and O–H groups in total. The lowest BCUT2D eigenvalue weighted by atomic mass is 9.84. The fraction of sp³-hybridized carbons (Fsp3) is 0.444. The van der Waals surface area contributed by atoms with Gasteiger partial charge in [0.25, 0.3) is 0 Å². The van der Waals surface area contributed by atoms with Crippen molar-refractivity contribution in [3.8, 4) is 23.3 Å². The summed E-state index contributed by atoms with van der Waals surface area (Å²) in [5.74, 6) is 0.481. The van der Waals surface area contributed by atoms with Crippen LogP contribution in [0.25, 0.3) is 0 Å². The zero-order valence-electron chi connectivity index (χ0n) is 22.0. The second-order valence-electron chi connectivity index (χ2n) is 9.47. The Bertz CT molecular complexity index is 1250. The van der Waals surface area contributed by atoms with Crippen molar-refractivity contribution in [3.05, 3.63) is 46.3 Å². The highest BCUT2D eigenvalue weighted by molar-refractivity contribution is 9.08. The Morgan fingerprint density at radius 3 is 2.49 bits per heavy atom. The summed E-state index contributed by atoms with van der Waals surface area (Å²) in [4.78, 5) is 15.3. The summed E-state index contributed by atoms with van der Waals surface area (Å²) in [6.07, 6.45) is 0. The van der Waals surface area contributed by atoms with Gasteiger partial charge >= 0.3 is 0 Å². The zero-order chi connectivity index (χ0) is 27.3. The van der Waals surface area contributed by atoms with E-state index in [9.17, 15) is 4.79 Å². The van der Waals surface area contributed by atoms with Gasteiger partial charge in [-0.3, -0.25) is 4.79 Å². The van der Waals surface area contributed by atoms with Crippen LogP contribution >= 0.6 is 16.1 Å². The van der Waals surface area contributed by atoms with Crippen molar-refractivity contribution in [2.45, 2.75) is 46.6 Å². The number of nitriles is 1. The van der Waals surface area contributed by atoms with Crippen molar-refractivity contribution in [1.29, 1.82) is 5.26 Å². The van der Waals surface area contributed by atoms with Gasteiger partial charge in [0.1, 0.15) is 18.1 Å². The Balaban J connectivity index is 2.00. The van der Waals surface area contributed by atoms with Gasteiger partial charge in [0.2, 0.25) is 0 Å². The maximum atomic E-state index is 15.6. The number of amidine groups is 1. The summed E-state index contributed by atoms with van der Waals surface area (Å²) in [7, 11) is 1.56. The van der Waals surface area contributed by atoms with E-state index in [1.54, 1.807) is 31.1 Å². The van der Waals surface area contributed by atoms with E-state index in [2.05, 4.69) is 31.6 Å². The minimum Gasteiger partial charge on any atom is -0.494 e. The Labute approximate surface area is 225 Å². The van der Waals surface area contributed by atoms with E-state index in [0.29, 0.717) is 40.8 Å². The lowest BCUT2D eigenvalue weighted by Crippen LogP contribution is -2.31. The molecule has 0 aromatic heterocycles. The number of anilines is 1. The van der Waals surface area contributed by atoms with Crippen molar-refractivity contribution in [2.75, 3.05) is 38.7 Å². The van der Waals surface area contributed by atoms with Gasteiger partial charge in [-0.2, -0.15) is 9.28 Å². The average Bonchev–Trinajstić information content (AvgIpc) is 3.20. The highest BCUT2D eigenvalue weighted by Crippen LogP contribution is 2.41. The molecule has 8 nitrogen and oxygen atoms in total. The van der Waals surface area contributed by atoms with Crippen molar-refractivity contribution < 1.29 is 23.4 Å². The number of nitrogens with zero attached hydrogens (tertiary/aromatic N) is 3. The Kier molecular flexibility index (Phi) is 9.02. The van der Waals surface area contributed by atoms with Crippen LogP contribution in [0.2, 0.25) is 0 Å². The molecule has 1 heterocycles. The SMILES string of the molecule is CCOc1cc2c(c(F)c1OCC)C(=NBr)N(CC(=O)c1cc(NCC#N)c(OC)c(C(C)(C)C)c1)C2.